The summed E-state index contributed by atoms with van der Waals surface area (Å²) < 4.78 is 14.3. The molecule has 1 atom stereocenters. The maximum Gasteiger partial charge on any atom is 0.327 e. The Morgan fingerprint density at radius 2 is 2.50 bits per heavy atom. The zero-order valence-electron chi connectivity index (χ0n) is 7.49. The molecule has 7 heteroatoms. The number of carbonyl (C=O) groups excluding carboxylic acids is 2. The van der Waals surface area contributed by atoms with Crippen molar-refractivity contribution in [3.63, 3.8) is 0 Å². The second-order valence-electron chi connectivity index (χ2n) is 2.86. The second-order valence-corrected chi connectivity index (χ2v) is 3.26. The molecule has 1 heterocycles. The standard InChI is InChI=1S/C7H11N2O4P/c10-6-2-1-5(9-6)7(11)8-3-4-13-14-12/h5H,1-4H2,(H,8,11)(H,9,10)/t5-/m0/s1. The summed E-state index contributed by atoms with van der Waals surface area (Å²) in [6.45, 7) is 0.484. The molecule has 1 aliphatic heterocycles. The summed E-state index contributed by atoms with van der Waals surface area (Å²) in [6.07, 6.45) is 0.930. The number of hydrogen-bond acceptors (Lipinski definition) is 4. The third kappa shape index (κ3) is 3.40. The minimum atomic E-state index is -0.424. The van der Waals surface area contributed by atoms with Crippen LogP contribution in [-0.2, 0) is 18.7 Å². The summed E-state index contributed by atoms with van der Waals surface area (Å²) in [4.78, 5) is 22.1. The normalized spacial score (nSPS) is 20.9. The van der Waals surface area contributed by atoms with Gasteiger partial charge in [-0.1, -0.05) is 0 Å². The fourth-order valence-corrected chi connectivity index (χ4v) is 1.36. The van der Waals surface area contributed by atoms with Crippen molar-refractivity contribution in [2.45, 2.75) is 18.9 Å². The van der Waals surface area contributed by atoms with E-state index < -0.39 is 14.7 Å². The maximum atomic E-state index is 11.3. The first-order chi connectivity index (χ1) is 6.74. The molecule has 0 aliphatic carbocycles. The Bertz CT molecular complexity index is 246. The molecule has 1 aliphatic rings. The molecule has 0 aromatic carbocycles. The molecular weight excluding hydrogens is 207 g/mol. The van der Waals surface area contributed by atoms with Gasteiger partial charge >= 0.3 is 8.69 Å². The van der Waals surface area contributed by atoms with Crippen molar-refractivity contribution in [1.82, 2.24) is 10.6 Å². The zero-order valence-corrected chi connectivity index (χ0v) is 8.38. The minimum absolute atomic E-state index is 0.0977. The van der Waals surface area contributed by atoms with Crippen molar-refractivity contribution in [3.8, 4) is 0 Å². The van der Waals surface area contributed by atoms with Gasteiger partial charge in [0.05, 0.1) is 6.61 Å². The van der Waals surface area contributed by atoms with E-state index in [1.807, 2.05) is 0 Å². The van der Waals surface area contributed by atoms with E-state index in [9.17, 15) is 14.2 Å². The van der Waals surface area contributed by atoms with Crippen LogP contribution >= 0.6 is 8.69 Å². The van der Waals surface area contributed by atoms with Crippen LogP contribution in [0.2, 0.25) is 0 Å². The predicted molar refractivity (Wildman–Crippen MR) is 47.7 cm³/mol. The van der Waals surface area contributed by atoms with E-state index in [0.29, 0.717) is 19.4 Å². The highest BCUT2D eigenvalue weighted by Crippen LogP contribution is 2.05. The zero-order chi connectivity index (χ0) is 10.4. The largest absolute Gasteiger partial charge is 0.352 e. The van der Waals surface area contributed by atoms with Gasteiger partial charge in [-0.2, -0.15) is 0 Å². The number of hydrogen-bond donors (Lipinski definition) is 2. The Morgan fingerprint density at radius 3 is 3.07 bits per heavy atom. The second kappa shape index (κ2) is 5.67. The smallest absolute Gasteiger partial charge is 0.327 e. The van der Waals surface area contributed by atoms with Gasteiger partial charge in [-0.05, 0) is 6.42 Å². The molecule has 0 unspecified atom stereocenters. The van der Waals surface area contributed by atoms with Crippen LogP contribution in [0.25, 0.3) is 0 Å². The summed E-state index contributed by atoms with van der Waals surface area (Å²) in [6, 6.07) is -0.424. The molecule has 0 bridgehead atoms. The van der Waals surface area contributed by atoms with E-state index in [4.69, 9.17) is 0 Å². The summed E-state index contributed by atoms with van der Waals surface area (Å²) in [7, 11) is -0.396. The molecule has 2 amide bonds. The van der Waals surface area contributed by atoms with Crippen molar-refractivity contribution in [3.05, 3.63) is 0 Å². The third-order valence-corrected chi connectivity index (χ3v) is 2.15. The van der Waals surface area contributed by atoms with Crippen molar-refractivity contribution < 1.29 is 18.7 Å². The number of carbonyl (C=O) groups is 2. The van der Waals surface area contributed by atoms with Gasteiger partial charge in [0.15, 0.2) is 0 Å². The average Bonchev–Trinajstić information content (AvgIpc) is 2.59. The summed E-state index contributed by atoms with van der Waals surface area (Å²) in [5.74, 6) is -0.318. The van der Waals surface area contributed by atoms with Crippen LogP contribution in [0.1, 0.15) is 12.8 Å². The van der Waals surface area contributed by atoms with E-state index in [-0.39, 0.29) is 18.4 Å². The van der Waals surface area contributed by atoms with Crippen LogP contribution in [0.15, 0.2) is 0 Å². The summed E-state index contributed by atoms with van der Waals surface area (Å²) >= 11 is 0. The molecule has 14 heavy (non-hydrogen) atoms. The number of nitrogens with one attached hydrogen (secondary N) is 2. The van der Waals surface area contributed by atoms with E-state index in [2.05, 4.69) is 15.2 Å². The molecule has 1 rings (SSSR count). The van der Waals surface area contributed by atoms with Crippen LogP contribution < -0.4 is 10.6 Å². The monoisotopic (exact) mass is 218 g/mol. The fourth-order valence-electron chi connectivity index (χ4n) is 1.19. The lowest BCUT2D eigenvalue weighted by atomic mass is 10.2. The molecule has 78 valence electrons. The molecule has 0 saturated carbocycles. The highest BCUT2D eigenvalue weighted by atomic mass is 31.1. The topological polar surface area (TPSA) is 84.5 Å². The molecule has 0 spiro atoms. The Labute approximate surface area is 82.7 Å². The number of rotatable bonds is 5. The van der Waals surface area contributed by atoms with Crippen molar-refractivity contribution in [2.75, 3.05) is 13.2 Å². The van der Waals surface area contributed by atoms with Gasteiger partial charge in [0.2, 0.25) is 11.8 Å². The van der Waals surface area contributed by atoms with Gasteiger partial charge in [0, 0.05) is 13.0 Å². The lowest BCUT2D eigenvalue weighted by Gasteiger charge is -2.09. The van der Waals surface area contributed by atoms with Gasteiger partial charge in [0.1, 0.15) is 6.04 Å². The molecular formula is C7H11N2O4P. The quantitative estimate of drug-likeness (QED) is 0.486. The Balaban J connectivity index is 2.15. The first-order valence-corrected chi connectivity index (χ1v) is 4.99. The molecule has 2 N–H and O–H groups in total. The van der Waals surface area contributed by atoms with Crippen molar-refractivity contribution >= 4 is 20.5 Å². The van der Waals surface area contributed by atoms with Crippen LogP contribution in [0.5, 0.6) is 0 Å². The molecule has 0 radical (unpaired) electrons. The SMILES string of the molecule is O=POCCNC(=O)[C@@H]1CCC(=O)N1. The van der Waals surface area contributed by atoms with Gasteiger partial charge in [-0.3, -0.25) is 14.1 Å². The van der Waals surface area contributed by atoms with E-state index in [0.717, 1.165) is 0 Å². The van der Waals surface area contributed by atoms with Crippen molar-refractivity contribution in [1.29, 1.82) is 0 Å². The number of amides is 2. The summed E-state index contributed by atoms with van der Waals surface area (Å²) in [5.41, 5.74) is 0. The van der Waals surface area contributed by atoms with Crippen LogP contribution in [0, 0.1) is 0 Å². The third-order valence-electron chi connectivity index (χ3n) is 1.86. The minimum Gasteiger partial charge on any atom is -0.352 e. The van der Waals surface area contributed by atoms with Gasteiger partial charge < -0.3 is 10.6 Å². The van der Waals surface area contributed by atoms with Gasteiger partial charge in [-0.25, -0.2) is 4.57 Å². The molecule has 1 fully saturated rings. The Morgan fingerprint density at radius 1 is 1.71 bits per heavy atom. The summed E-state index contributed by atoms with van der Waals surface area (Å²) in [5, 5.41) is 5.10. The molecule has 0 aromatic rings. The van der Waals surface area contributed by atoms with Gasteiger partial charge in [-0.15, -0.1) is 0 Å². The van der Waals surface area contributed by atoms with Gasteiger partial charge in [0.25, 0.3) is 0 Å². The maximum absolute atomic E-state index is 11.3. The molecule has 0 aromatic heterocycles. The van der Waals surface area contributed by atoms with E-state index in [1.54, 1.807) is 0 Å². The Kier molecular flexibility index (Phi) is 4.49. The highest BCUT2D eigenvalue weighted by Gasteiger charge is 2.26. The lowest BCUT2D eigenvalue weighted by molar-refractivity contribution is -0.125. The average molecular weight is 218 g/mol. The van der Waals surface area contributed by atoms with Crippen LogP contribution in [0.4, 0.5) is 0 Å². The highest BCUT2D eigenvalue weighted by molar-refractivity contribution is 7.17. The fraction of sp³-hybridized carbons (Fsp3) is 0.714. The van der Waals surface area contributed by atoms with Crippen LogP contribution in [-0.4, -0.2) is 31.0 Å². The molecule has 6 nitrogen and oxygen atoms in total. The van der Waals surface area contributed by atoms with E-state index in [1.165, 1.54) is 0 Å². The van der Waals surface area contributed by atoms with Crippen LogP contribution in [0.3, 0.4) is 0 Å². The first kappa shape index (κ1) is 11.1. The van der Waals surface area contributed by atoms with Crippen molar-refractivity contribution in [2.24, 2.45) is 0 Å². The van der Waals surface area contributed by atoms with E-state index >= 15 is 0 Å². The predicted octanol–water partition coefficient (Wildman–Crippen LogP) is -0.396. The Hall–Kier alpha value is -1.00. The lowest BCUT2D eigenvalue weighted by Crippen LogP contribution is -2.42. The molecule has 1 saturated heterocycles. The first-order valence-electron chi connectivity index (χ1n) is 4.25.